The Morgan fingerprint density at radius 3 is 2.85 bits per heavy atom. The number of methoxy groups -OCH3 is 1. The fraction of sp³-hybridized carbons (Fsp3) is 0.280. The predicted molar refractivity (Wildman–Crippen MR) is 130 cm³/mol. The number of hydrogen-bond donors (Lipinski definition) is 3. The summed E-state index contributed by atoms with van der Waals surface area (Å²) in [5.74, 6) is 0.994. The van der Waals surface area contributed by atoms with Crippen LogP contribution >= 0.6 is 0 Å². The number of nitrogens with two attached hydrogens (primary N) is 1. The minimum Gasteiger partial charge on any atom is -0.497 e. The minimum absolute atomic E-state index is 0.165. The van der Waals surface area contributed by atoms with Crippen LogP contribution in [0.15, 0.2) is 54.9 Å². The number of aromatic nitrogens is 4. The summed E-state index contributed by atoms with van der Waals surface area (Å²) in [5.41, 5.74) is 9.99. The normalized spacial score (nSPS) is 15.9. The van der Waals surface area contributed by atoms with Crippen LogP contribution in [0.25, 0.3) is 22.3 Å². The van der Waals surface area contributed by atoms with Gasteiger partial charge in [-0.2, -0.15) is 5.10 Å². The van der Waals surface area contributed by atoms with Crippen LogP contribution in [0.1, 0.15) is 34.8 Å². The van der Waals surface area contributed by atoms with Crippen molar-refractivity contribution in [1.82, 2.24) is 30.4 Å². The summed E-state index contributed by atoms with van der Waals surface area (Å²) < 4.78 is 7.13. The molecule has 34 heavy (non-hydrogen) atoms. The van der Waals surface area contributed by atoms with Crippen molar-refractivity contribution in [2.75, 3.05) is 25.9 Å². The number of nitrogen functional groups attached to an aromatic ring is 1. The number of carbonyl (C=O) groups excluding carboxylic acids is 1. The average molecular weight is 458 g/mol. The van der Waals surface area contributed by atoms with E-state index >= 15 is 0 Å². The molecule has 3 heterocycles. The van der Waals surface area contributed by atoms with Crippen LogP contribution in [0.2, 0.25) is 0 Å². The molecule has 5 rings (SSSR count). The van der Waals surface area contributed by atoms with Gasteiger partial charge in [0.15, 0.2) is 5.65 Å². The highest BCUT2D eigenvalue weighted by Gasteiger charge is 2.23. The molecule has 1 aliphatic rings. The number of benzene rings is 2. The summed E-state index contributed by atoms with van der Waals surface area (Å²) in [6.07, 6.45) is 3.56. The smallest absolute Gasteiger partial charge is 0.251 e. The molecule has 0 saturated carbocycles. The van der Waals surface area contributed by atoms with Gasteiger partial charge in [-0.25, -0.2) is 14.6 Å². The topological polar surface area (TPSA) is 120 Å². The molecule has 0 spiro atoms. The first-order valence-electron chi connectivity index (χ1n) is 11.3. The van der Waals surface area contributed by atoms with Gasteiger partial charge in [0.05, 0.1) is 18.5 Å². The van der Waals surface area contributed by atoms with Crippen molar-refractivity contribution in [3.05, 3.63) is 66.0 Å². The summed E-state index contributed by atoms with van der Waals surface area (Å²) in [6.45, 7) is 2.25. The third-order valence-electron chi connectivity index (χ3n) is 6.15. The molecular weight excluding hydrogens is 430 g/mol. The molecule has 2 aromatic carbocycles. The number of hydrogen-bond acceptors (Lipinski definition) is 7. The van der Waals surface area contributed by atoms with Gasteiger partial charge in [-0.05, 0) is 49.2 Å². The molecule has 1 saturated heterocycles. The number of fused-ring (bicyclic) bond motifs is 1. The molecule has 0 aliphatic carbocycles. The number of nitrogens with zero attached hydrogens (tertiary/aromatic N) is 4. The van der Waals surface area contributed by atoms with E-state index in [1.807, 2.05) is 47.1 Å². The maximum Gasteiger partial charge on any atom is 0.251 e. The van der Waals surface area contributed by atoms with Crippen molar-refractivity contribution in [1.29, 1.82) is 0 Å². The van der Waals surface area contributed by atoms with Gasteiger partial charge in [-0.15, -0.1) is 0 Å². The maximum absolute atomic E-state index is 12.9. The standard InChI is InChI=1S/C25H27N7O2/c1-34-20-9-7-16(8-10-20)13-28-25(33)18-5-2-4-17(12-18)22-21-23(26)29-15-30-24(21)32(31-22)19-6-3-11-27-14-19/h2,4-5,7-10,12,15,19,27H,3,6,11,13-14H2,1H3,(H,28,33)(H2,26,29,30)/t19-/m1/s1. The van der Waals surface area contributed by atoms with Gasteiger partial charge in [-0.1, -0.05) is 24.3 Å². The Kier molecular flexibility index (Phi) is 6.09. The number of rotatable bonds is 6. The number of carbonyl (C=O) groups is 1. The second-order valence-electron chi connectivity index (χ2n) is 8.36. The molecule has 2 aromatic heterocycles. The fourth-order valence-corrected chi connectivity index (χ4v) is 4.33. The Balaban J connectivity index is 1.43. The van der Waals surface area contributed by atoms with Gasteiger partial charge >= 0.3 is 0 Å². The van der Waals surface area contributed by atoms with E-state index in [2.05, 4.69) is 20.6 Å². The monoisotopic (exact) mass is 457 g/mol. The summed E-state index contributed by atoms with van der Waals surface area (Å²) in [6, 6.07) is 15.2. The number of amides is 1. The van der Waals surface area contributed by atoms with Crippen molar-refractivity contribution in [3.8, 4) is 17.0 Å². The molecule has 1 aliphatic heterocycles. The molecule has 0 radical (unpaired) electrons. The zero-order valence-corrected chi connectivity index (χ0v) is 19.0. The number of nitrogens with one attached hydrogen (secondary N) is 2. The van der Waals surface area contributed by atoms with Crippen LogP contribution in [-0.2, 0) is 6.54 Å². The van der Waals surface area contributed by atoms with Crippen molar-refractivity contribution < 1.29 is 9.53 Å². The first-order chi connectivity index (χ1) is 16.6. The number of piperidine rings is 1. The summed E-state index contributed by atoms with van der Waals surface area (Å²) in [5, 5.41) is 12.0. The summed E-state index contributed by atoms with van der Waals surface area (Å²) in [7, 11) is 1.63. The van der Waals surface area contributed by atoms with Crippen molar-refractivity contribution in [2.45, 2.75) is 25.4 Å². The molecule has 0 unspecified atom stereocenters. The third-order valence-corrected chi connectivity index (χ3v) is 6.15. The molecule has 174 valence electrons. The molecule has 1 atom stereocenters. The van der Waals surface area contributed by atoms with E-state index in [4.69, 9.17) is 15.6 Å². The van der Waals surface area contributed by atoms with E-state index in [0.29, 0.717) is 34.7 Å². The predicted octanol–water partition coefficient (Wildman–Crippen LogP) is 2.94. The van der Waals surface area contributed by atoms with Crippen LogP contribution in [-0.4, -0.2) is 45.9 Å². The lowest BCUT2D eigenvalue weighted by molar-refractivity contribution is 0.0951. The maximum atomic E-state index is 12.9. The van der Waals surface area contributed by atoms with E-state index in [1.54, 1.807) is 13.2 Å². The third kappa shape index (κ3) is 4.29. The molecular formula is C25H27N7O2. The first kappa shape index (κ1) is 21.8. The van der Waals surface area contributed by atoms with E-state index in [1.165, 1.54) is 6.33 Å². The SMILES string of the molecule is COc1ccc(CNC(=O)c2cccc(-c3nn([C@@H]4CCCNC4)c4ncnc(N)c34)c2)cc1. The highest BCUT2D eigenvalue weighted by atomic mass is 16.5. The molecule has 1 fully saturated rings. The Morgan fingerprint density at radius 2 is 2.09 bits per heavy atom. The molecule has 4 N–H and O–H groups in total. The summed E-state index contributed by atoms with van der Waals surface area (Å²) in [4.78, 5) is 21.6. The highest BCUT2D eigenvalue weighted by Crippen LogP contribution is 2.33. The van der Waals surface area contributed by atoms with E-state index in [0.717, 1.165) is 42.8 Å². The highest BCUT2D eigenvalue weighted by molar-refractivity contribution is 6.00. The summed E-state index contributed by atoms with van der Waals surface area (Å²) >= 11 is 0. The van der Waals surface area contributed by atoms with Gasteiger partial charge in [0.25, 0.3) is 5.91 Å². The molecule has 9 heteroatoms. The second kappa shape index (κ2) is 9.48. The lowest BCUT2D eigenvalue weighted by Gasteiger charge is -2.23. The van der Waals surface area contributed by atoms with Crippen molar-refractivity contribution in [2.24, 2.45) is 0 Å². The van der Waals surface area contributed by atoms with Gasteiger partial charge < -0.3 is 21.1 Å². The largest absolute Gasteiger partial charge is 0.497 e. The quantitative estimate of drug-likeness (QED) is 0.407. The lowest BCUT2D eigenvalue weighted by Crippen LogP contribution is -2.32. The van der Waals surface area contributed by atoms with Crippen molar-refractivity contribution >= 4 is 22.8 Å². The van der Waals surface area contributed by atoms with Gasteiger partial charge in [0.1, 0.15) is 23.6 Å². The first-order valence-corrected chi connectivity index (χ1v) is 11.3. The number of ether oxygens (including phenoxy) is 1. The Morgan fingerprint density at radius 1 is 1.24 bits per heavy atom. The van der Waals surface area contributed by atoms with Gasteiger partial charge in [-0.3, -0.25) is 4.79 Å². The van der Waals surface area contributed by atoms with E-state index in [9.17, 15) is 4.79 Å². The Labute approximate surface area is 197 Å². The van der Waals surface area contributed by atoms with E-state index in [-0.39, 0.29) is 11.9 Å². The van der Waals surface area contributed by atoms with Crippen LogP contribution in [0.3, 0.4) is 0 Å². The molecule has 4 aromatic rings. The number of anilines is 1. The Hall–Kier alpha value is -3.98. The fourth-order valence-electron chi connectivity index (χ4n) is 4.33. The zero-order valence-electron chi connectivity index (χ0n) is 19.0. The second-order valence-corrected chi connectivity index (χ2v) is 8.36. The minimum atomic E-state index is -0.165. The van der Waals surface area contributed by atoms with Crippen molar-refractivity contribution in [3.63, 3.8) is 0 Å². The zero-order chi connectivity index (χ0) is 23.5. The molecule has 9 nitrogen and oxygen atoms in total. The van der Waals surface area contributed by atoms with Crippen LogP contribution in [0, 0.1) is 0 Å². The van der Waals surface area contributed by atoms with Crippen LogP contribution < -0.4 is 21.1 Å². The Bertz CT molecular complexity index is 1310. The molecule has 0 bridgehead atoms. The molecule has 1 amide bonds. The van der Waals surface area contributed by atoms with E-state index < -0.39 is 0 Å². The van der Waals surface area contributed by atoms with Gasteiger partial charge in [0.2, 0.25) is 0 Å². The van der Waals surface area contributed by atoms with Crippen LogP contribution in [0.4, 0.5) is 5.82 Å². The van der Waals surface area contributed by atoms with Crippen LogP contribution in [0.5, 0.6) is 5.75 Å². The average Bonchev–Trinajstić information content (AvgIpc) is 3.29. The lowest BCUT2D eigenvalue weighted by atomic mass is 10.1. The van der Waals surface area contributed by atoms with Gasteiger partial charge in [0, 0.05) is 24.2 Å².